The molecule has 1 aliphatic rings. The van der Waals surface area contributed by atoms with Crippen molar-refractivity contribution in [2.45, 2.75) is 6.92 Å². The highest BCUT2D eigenvalue weighted by atomic mass is 79.9. The van der Waals surface area contributed by atoms with E-state index in [4.69, 9.17) is 9.84 Å². The van der Waals surface area contributed by atoms with E-state index in [1.165, 1.54) is 6.08 Å². The van der Waals surface area contributed by atoms with Gasteiger partial charge in [-0.05, 0) is 62.6 Å². The fraction of sp³-hybridized carbons (Fsp3) is 0.214. The molecule has 2 N–H and O–H groups in total. The second kappa shape index (κ2) is 7.14. The van der Waals surface area contributed by atoms with Gasteiger partial charge in [0.05, 0.1) is 15.6 Å². The number of benzene rings is 1. The minimum atomic E-state index is -1.26. The number of hydrogen-bond acceptors (Lipinski definition) is 4. The first kappa shape index (κ1) is 17.5. The van der Waals surface area contributed by atoms with Crippen LogP contribution < -0.4 is 10.1 Å². The number of ether oxygens (including phenoxy) is 1. The molecule has 1 aromatic rings. The van der Waals surface area contributed by atoms with Gasteiger partial charge >= 0.3 is 12.0 Å². The number of nitrogens with zero attached hydrogens (tertiary/aromatic N) is 1. The topological polar surface area (TPSA) is 95.9 Å². The molecule has 1 aromatic carbocycles. The summed E-state index contributed by atoms with van der Waals surface area (Å²) in [5.74, 6) is -1.32. The number of carbonyl (C=O) groups is 3. The Labute approximate surface area is 148 Å². The molecule has 1 heterocycles. The SMILES string of the molecule is CCOc1c(Br)cc(/C=C2/NC(=O)N(CC(=O)O)C2=O)cc1Br. The van der Waals surface area contributed by atoms with E-state index in [1.54, 1.807) is 12.1 Å². The highest BCUT2D eigenvalue weighted by Gasteiger charge is 2.34. The summed E-state index contributed by atoms with van der Waals surface area (Å²) in [6.07, 6.45) is 1.47. The van der Waals surface area contributed by atoms with Gasteiger partial charge in [0.1, 0.15) is 18.0 Å². The molecule has 7 nitrogen and oxygen atoms in total. The van der Waals surface area contributed by atoms with Gasteiger partial charge in [0, 0.05) is 0 Å². The largest absolute Gasteiger partial charge is 0.492 e. The molecule has 23 heavy (non-hydrogen) atoms. The second-order valence-electron chi connectivity index (χ2n) is 4.52. The average molecular weight is 448 g/mol. The molecule has 1 fully saturated rings. The van der Waals surface area contributed by atoms with Gasteiger partial charge in [-0.25, -0.2) is 9.69 Å². The first-order valence-corrected chi connectivity index (χ1v) is 8.10. The van der Waals surface area contributed by atoms with E-state index < -0.39 is 24.5 Å². The molecule has 0 aliphatic carbocycles. The Hall–Kier alpha value is -1.87. The van der Waals surface area contributed by atoms with Crippen LogP contribution in [0.2, 0.25) is 0 Å². The van der Waals surface area contributed by atoms with Crippen LogP contribution >= 0.6 is 31.9 Å². The van der Waals surface area contributed by atoms with E-state index in [1.807, 2.05) is 6.92 Å². The minimum Gasteiger partial charge on any atom is -0.492 e. The van der Waals surface area contributed by atoms with Gasteiger partial charge in [0.15, 0.2) is 0 Å². The Morgan fingerprint density at radius 1 is 1.35 bits per heavy atom. The third-order valence-corrected chi connectivity index (χ3v) is 4.05. The first-order valence-electron chi connectivity index (χ1n) is 6.51. The number of hydrogen-bond donors (Lipinski definition) is 2. The Morgan fingerprint density at radius 2 is 1.96 bits per heavy atom. The number of halogens is 2. The van der Waals surface area contributed by atoms with Crippen molar-refractivity contribution < 1.29 is 24.2 Å². The summed E-state index contributed by atoms with van der Waals surface area (Å²) in [4.78, 5) is 35.0. The van der Waals surface area contributed by atoms with E-state index in [0.29, 0.717) is 31.8 Å². The molecule has 0 aromatic heterocycles. The summed E-state index contributed by atoms with van der Waals surface area (Å²) in [6, 6.07) is 2.69. The third kappa shape index (κ3) is 3.91. The second-order valence-corrected chi connectivity index (χ2v) is 6.23. The van der Waals surface area contributed by atoms with Gasteiger partial charge < -0.3 is 15.2 Å². The lowest BCUT2D eigenvalue weighted by Crippen LogP contribution is -2.35. The van der Waals surface area contributed by atoms with Gasteiger partial charge in [-0.3, -0.25) is 9.59 Å². The van der Waals surface area contributed by atoms with Crippen molar-refractivity contribution in [3.8, 4) is 5.75 Å². The fourth-order valence-corrected chi connectivity index (χ4v) is 3.41. The summed E-state index contributed by atoms with van der Waals surface area (Å²) >= 11 is 6.75. The number of carboxylic acids is 1. The van der Waals surface area contributed by atoms with E-state index in [2.05, 4.69) is 37.2 Å². The normalized spacial score (nSPS) is 16.0. The number of imide groups is 1. The molecule has 3 amide bonds. The molecule has 0 bridgehead atoms. The van der Waals surface area contributed by atoms with Crippen molar-refractivity contribution in [2.75, 3.05) is 13.2 Å². The van der Waals surface area contributed by atoms with Crippen LogP contribution in [0.5, 0.6) is 5.75 Å². The molecule has 1 aliphatic heterocycles. The van der Waals surface area contributed by atoms with E-state index in [9.17, 15) is 14.4 Å². The first-order chi connectivity index (χ1) is 10.8. The number of amides is 3. The summed E-state index contributed by atoms with van der Waals surface area (Å²) < 4.78 is 6.83. The molecular weight excluding hydrogens is 436 g/mol. The molecule has 0 radical (unpaired) electrons. The molecule has 9 heteroatoms. The summed E-state index contributed by atoms with van der Waals surface area (Å²) in [5.41, 5.74) is 0.646. The number of nitrogens with one attached hydrogen (secondary N) is 1. The van der Waals surface area contributed by atoms with Crippen LogP contribution in [0.1, 0.15) is 12.5 Å². The standard InChI is InChI=1S/C14H12Br2N2O5/c1-2-23-12-8(15)3-7(4-9(12)16)5-10-13(21)18(6-11(19)20)14(22)17-10/h3-5H,2,6H2,1H3,(H,17,22)(H,19,20)/b10-5+. The molecule has 0 saturated carbocycles. The smallest absolute Gasteiger partial charge is 0.329 e. The maximum absolute atomic E-state index is 12.1. The number of aliphatic carboxylic acids is 1. The van der Waals surface area contributed by atoms with Crippen LogP contribution in [0.3, 0.4) is 0 Å². The maximum atomic E-state index is 12.1. The predicted molar refractivity (Wildman–Crippen MR) is 88.9 cm³/mol. The summed E-state index contributed by atoms with van der Waals surface area (Å²) in [5, 5.41) is 11.1. The average Bonchev–Trinajstić information content (AvgIpc) is 2.70. The lowest BCUT2D eigenvalue weighted by atomic mass is 10.2. The monoisotopic (exact) mass is 446 g/mol. The third-order valence-electron chi connectivity index (χ3n) is 2.88. The molecule has 1 saturated heterocycles. The Bertz CT molecular complexity index is 694. The van der Waals surface area contributed by atoms with Crippen LogP contribution in [0.25, 0.3) is 6.08 Å². The molecule has 2 rings (SSSR count). The minimum absolute atomic E-state index is 0.0132. The van der Waals surface area contributed by atoms with Crippen molar-refractivity contribution in [3.05, 3.63) is 32.3 Å². The number of carbonyl (C=O) groups excluding carboxylic acids is 2. The van der Waals surface area contributed by atoms with Gasteiger partial charge in [-0.15, -0.1) is 0 Å². The molecule has 122 valence electrons. The van der Waals surface area contributed by atoms with E-state index >= 15 is 0 Å². The number of urea groups is 1. The van der Waals surface area contributed by atoms with Gasteiger partial charge in [0.25, 0.3) is 5.91 Å². The van der Waals surface area contributed by atoms with Crippen LogP contribution in [0.15, 0.2) is 26.8 Å². The van der Waals surface area contributed by atoms with Gasteiger partial charge in [-0.1, -0.05) is 0 Å². The summed E-state index contributed by atoms with van der Waals surface area (Å²) in [7, 11) is 0. The molecular formula is C14H12Br2N2O5. The molecule has 0 atom stereocenters. The van der Waals surface area contributed by atoms with Gasteiger partial charge in [0.2, 0.25) is 0 Å². The van der Waals surface area contributed by atoms with E-state index in [-0.39, 0.29) is 5.70 Å². The van der Waals surface area contributed by atoms with Crippen LogP contribution in [0.4, 0.5) is 4.79 Å². The lowest BCUT2D eigenvalue weighted by Gasteiger charge is -2.09. The Morgan fingerprint density at radius 3 is 2.48 bits per heavy atom. The maximum Gasteiger partial charge on any atom is 0.329 e. The quantitative estimate of drug-likeness (QED) is 0.534. The highest BCUT2D eigenvalue weighted by Crippen LogP contribution is 2.35. The van der Waals surface area contributed by atoms with E-state index in [0.717, 1.165) is 0 Å². The fourth-order valence-electron chi connectivity index (χ4n) is 1.96. The number of rotatable bonds is 5. The van der Waals surface area contributed by atoms with Crippen molar-refractivity contribution in [3.63, 3.8) is 0 Å². The highest BCUT2D eigenvalue weighted by molar-refractivity contribution is 9.11. The van der Waals surface area contributed by atoms with Crippen molar-refractivity contribution in [1.29, 1.82) is 0 Å². The van der Waals surface area contributed by atoms with Gasteiger partial charge in [-0.2, -0.15) is 0 Å². The van der Waals surface area contributed by atoms with Crippen LogP contribution in [0, 0.1) is 0 Å². The Balaban J connectivity index is 2.31. The zero-order chi connectivity index (χ0) is 17.1. The zero-order valence-corrected chi connectivity index (χ0v) is 15.1. The van der Waals surface area contributed by atoms with Crippen LogP contribution in [-0.4, -0.2) is 41.1 Å². The van der Waals surface area contributed by atoms with Crippen molar-refractivity contribution in [2.24, 2.45) is 0 Å². The lowest BCUT2D eigenvalue weighted by molar-refractivity contribution is -0.140. The molecule has 0 spiro atoms. The van der Waals surface area contributed by atoms with Crippen LogP contribution in [-0.2, 0) is 9.59 Å². The van der Waals surface area contributed by atoms with Crippen molar-refractivity contribution in [1.82, 2.24) is 10.2 Å². The van der Waals surface area contributed by atoms with Crippen molar-refractivity contribution >= 4 is 55.8 Å². The predicted octanol–water partition coefficient (Wildman–Crippen LogP) is 2.59. The number of carboxylic acid groups (broad SMARTS) is 1. The molecule has 0 unspecified atom stereocenters. The summed E-state index contributed by atoms with van der Waals surface area (Å²) in [6.45, 7) is 1.67. The Kier molecular flexibility index (Phi) is 5.42. The zero-order valence-electron chi connectivity index (χ0n) is 11.9.